The SMILES string of the molecule is COc1ccc(-c2cc(C(=O)NCc3ccc(F)cc3)[nH]n2)cc1S(=O)(=O)N(C)C. The van der Waals surface area contributed by atoms with E-state index >= 15 is 0 Å². The Morgan fingerprint density at radius 1 is 1.17 bits per heavy atom. The maximum absolute atomic E-state index is 13.0. The Hall–Kier alpha value is -3.24. The van der Waals surface area contributed by atoms with Gasteiger partial charge in [0.15, 0.2) is 0 Å². The number of methoxy groups -OCH3 is 1. The van der Waals surface area contributed by atoms with E-state index < -0.39 is 15.9 Å². The number of hydrogen-bond acceptors (Lipinski definition) is 5. The number of sulfonamides is 1. The molecule has 3 rings (SSSR count). The van der Waals surface area contributed by atoms with Crippen LogP contribution in [0.25, 0.3) is 11.3 Å². The summed E-state index contributed by atoms with van der Waals surface area (Å²) in [5.74, 6) is -0.536. The number of hydrogen-bond donors (Lipinski definition) is 2. The summed E-state index contributed by atoms with van der Waals surface area (Å²) in [6, 6.07) is 12.0. The number of rotatable bonds is 7. The summed E-state index contributed by atoms with van der Waals surface area (Å²) < 4.78 is 44.4. The molecule has 0 unspecified atom stereocenters. The summed E-state index contributed by atoms with van der Waals surface area (Å²) in [7, 11) is 0.513. The van der Waals surface area contributed by atoms with Crippen molar-refractivity contribution >= 4 is 15.9 Å². The lowest BCUT2D eigenvalue weighted by molar-refractivity contribution is 0.0946. The molecule has 3 aromatic rings. The highest BCUT2D eigenvalue weighted by atomic mass is 32.2. The number of nitrogens with zero attached hydrogens (tertiary/aromatic N) is 2. The Bertz CT molecular complexity index is 1160. The molecule has 0 spiro atoms. The molecular formula is C20H21FN4O4S. The Balaban J connectivity index is 1.81. The van der Waals surface area contributed by atoms with Crippen LogP contribution in [0.3, 0.4) is 0 Å². The first-order valence-corrected chi connectivity index (χ1v) is 10.4. The van der Waals surface area contributed by atoms with Crippen LogP contribution in [0.1, 0.15) is 16.1 Å². The van der Waals surface area contributed by atoms with E-state index in [0.717, 1.165) is 9.87 Å². The Kier molecular flexibility index (Phi) is 6.18. The van der Waals surface area contributed by atoms with Crippen LogP contribution in [0.2, 0.25) is 0 Å². The minimum Gasteiger partial charge on any atom is -0.495 e. The summed E-state index contributed by atoms with van der Waals surface area (Å²) >= 11 is 0. The molecule has 8 nitrogen and oxygen atoms in total. The minimum atomic E-state index is -3.74. The Morgan fingerprint density at radius 3 is 2.50 bits per heavy atom. The number of nitrogens with one attached hydrogen (secondary N) is 2. The lowest BCUT2D eigenvalue weighted by Crippen LogP contribution is -2.23. The summed E-state index contributed by atoms with van der Waals surface area (Å²) in [4.78, 5) is 12.4. The molecule has 2 N–H and O–H groups in total. The monoisotopic (exact) mass is 432 g/mol. The van der Waals surface area contributed by atoms with Gasteiger partial charge in [0.2, 0.25) is 10.0 Å². The predicted octanol–water partition coefficient (Wildman–Crippen LogP) is 2.40. The van der Waals surface area contributed by atoms with Crippen molar-refractivity contribution in [3.63, 3.8) is 0 Å². The predicted molar refractivity (Wildman–Crippen MR) is 109 cm³/mol. The highest BCUT2D eigenvalue weighted by Crippen LogP contribution is 2.30. The van der Waals surface area contributed by atoms with Gasteiger partial charge in [0.25, 0.3) is 5.91 Å². The standard InChI is InChI=1S/C20H21FN4O4S/c1-25(2)30(27,28)19-10-14(6-9-18(19)29-3)16-11-17(24-23-16)20(26)22-12-13-4-7-15(21)8-5-13/h4-11H,12H2,1-3H3,(H,22,26)(H,23,24). The third-order valence-corrected chi connectivity index (χ3v) is 6.24. The molecule has 0 atom stereocenters. The highest BCUT2D eigenvalue weighted by Gasteiger charge is 2.23. The molecule has 2 aromatic carbocycles. The van der Waals surface area contributed by atoms with E-state index in [0.29, 0.717) is 11.3 Å². The summed E-state index contributed by atoms with van der Waals surface area (Å²) in [5.41, 5.74) is 1.86. The molecule has 0 saturated carbocycles. The van der Waals surface area contributed by atoms with E-state index in [9.17, 15) is 17.6 Å². The molecular weight excluding hydrogens is 411 g/mol. The third-order valence-electron chi connectivity index (χ3n) is 4.41. The second kappa shape index (κ2) is 8.64. The van der Waals surface area contributed by atoms with E-state index in [1.807, 2.05) is 0 Å². The van der Waals surface area contributed by atoms with Gasteiger partial charge in [0.1, 0.15) is 22.2 Å². The number of aromatic amines is 1. The zero-order valence-electron chi connectivity index (χ0n) is 16.6. The first-order valence-electron chi connectivity index (χ1n) is 8.91. The first-order chi connectivity index (χ1) is 14.2. The van der Waals surface area contributed by atoms with Crippen LogP contribution < -0.4 is 10.1 Å². The topological polar surface area (TPSA) is 104 Å². The van der Waals surface area contributed by atoms with Crippen molar-refractivity contribution in [2.75, 3.05) is 21.2 Å². The van der Waals surface area contributed by atoms with Crippen molar-refractivity contribution in [3.8, 4) is 17.0 Å². The maximum Gasteiger partial charge on any atom is 0.269 e. The maximum atomic E-state index is 13.0. The van der Waals surface area contributed by atoms with Crippen LogP contribution in [0.15, 0.2) is 53.4 Å². The molecule has 158 valence electrons. The molecule has 0 aliphatic heterocycles. The lowest BCUT2D eigenvalue weighted by Gasteiger charge is -2.15. The van der Waals surface area contributed by atoms with Gasteiger partial charge in [-0.25, -0.2) is 17.1 Å². The largest absolute Gasteiger partial charge is 0.495 e. The molecule has 0 bridgehead atoms. The molecule has 0 radical (unpaired) electrons. The van der Waals surface area contributed by atoms with Gasteiger partial charge in [-0.2, -0.15) is 5.10 Å². The highest BCUT2D eigenvalue weighted by molar-refractivity contribution is 7.89. The number of carbonyl (C=O) groups is 1. The fourth-order valence-electron chi connectivity index (χ4n) is 2.70. The first kappa shape index (κ1) is 21.5. The van der Waals surface area contributed by atoms with Gasteiger partial charge >= 0.3 is 0 Å². The minimum absolute atomic E-state index is 0.00203. The summed E-state index contributed by atoms with van der Waals surface area (Å²) in [6.45, 7) is 0.223. The number of H-pyrrole nitrogens is 1. The second-order valence-electron chi connectivity index (χ2n) is 6.63. The summed E-state index contributed by atoms with van der Waals surface area (Å²) in [5, 5.41) is 9.47. The molecule has 1 heterocycles. The van der Waals surface area contributed by atoms with E-state index in [4.69, 9.17) is 4.74 Å². The summed E-state index contributed by atoms with van der Waals surface area (Å²) in [6.07, 6.45) is 0. The fourth-order valence-corrected chi connectivity index (χ4v) is 3.77. The van der Waals surface area contributed by atoms with Crippen LogP contribution in [0, 0.1) is 5.82 Å². The molecule has 0 fully saturated rings. The Labute approximate surface area is 173 Å². The van der Waals surface area contributed by atoms with Crippen molar-refractivity contribution < 1.29 is 22.3 Å². The van der Waals surface area contributed by atoms with Gasteiger partial charge in [-0.1, -0.05) is 12.1 Å². The number of benzene rings is 2. The quantitative estimate of drug-likeness (QED) is 0.597. The van der Waals surface area contributed by atoms with Crippen LogP contribution in [-0.2, 0) is 16.6 Å². The van der Waals surface area contributed by atoms with Crippen LogP contribution >= 0.6 is 0 Å². The zero-order valence-corrected chi connectivity index (χ0v) is 17.5. The molecule has 30 heavy (non-hydrogen) atoms. The van der Waals surface area contributed by atoms with Gasteiger partial charge in [-0.3, -0.25) is 9.89 Å². The van der Waals surface area contributed by atoms with Crippen LogP contribution in [-0.4, -0.2) is 50.0 Å². The fraction of sp³-hybridized carbons (Fsp3) is 0.200. The van der Waals surface area contributed by atoms with Gasteiger partial charge < -0.3 is 10.1 Å². The second-order valence-corrected chi connectivity index (χ2v) is 8.75. The van der Waals surface area contributed by atoms with Crippen LogP contribution in [0.5, 0.6) is 5.75 Å². The smallest absolute Gasteiger partial charge is 0.269 e. The molecule has 0 aliphatic rings. The zero-order chi connectivity index (χ0) is 21.9. The number of carbonyl (C=O) groups excluding carboxylic acids is 1. The van der Waals surface area contributed by atoms with Gasteiger partial charge in [-0.15, -0.1) is 0 Å². The number of halogens is 1. The van der Waals surface area contributed by atoms with Crippen molar-refractivity contribution in [1.82, 2.24) is 19.8 Å². The third kappa shape index (κ3) is 4.50. The van der Waals surface area contributed by atoms with Crippen molar-refractivity contribution in [3.05, 3.63) is 65.6 Å². The number of amides is 1. The van der Waals surface area contributed by atoms with E-state index in [2.05, 4.69) is 15.5 Å². The molecule has 1 aromatic heterocycles. The van der Waals surface area contributed by atoms with Crippen molar-refractivity contribution in [2.24, 2.45) is 0 Å². The van der Waals surface area contributed by atoms with Gasteiger partial charge in [0, 0.05) is 26.2 Å². The van der Waals surface area contributed by atoms with E-state index in [1.54, 1.807) is 18.2 Å². The number of aromatic nitrogens is 2. The normalized spacial score (nSPS) is 11.5. The van der Waals surface area contributed by atoms with Crippen molar-refractivity contribution in [2.45, 2.75) is 11.4 Å². The molecule has 0 aliphatic carbocycles. The van der Waals surface area contributed by atoms with E-state index in [-0.39, 0.29) is 28.7 Å². The molecule has 1 amide bonds. The average Bonchev–Trinajstić information content (AvgIpc) is 3.23. The van der Waals surface area contributed by atoms with Gasteiger partial charge in [0.05, 0.1) is 12.8 Å². The van der Waals surface area contributed by atoms with E-state index in [1.165, 1.54) is 51.5 Å². The van der Waals surface area contributed by atoms with Crippen molar-refractivity contribution in [1.29, 1.82) is 0 Å². The Morgan fingerprint density at radius 2 is 1.87 bits per heavy atom. The van der Waals surface area contributed by atoms with Crippen LogP contribution in [0.4, 0.5) is 4.39 Å². The molecule has 0 saturated heterocycles. The lowest BCUT2D eigenvalue weighted by atomic mass is 10.1. The van der Waals surface area contributed by atoms with Gasteiger partial charge in [-0.05, 0) is 42.0 Å². The number of ether oxygens (including phenoxy) is 1. The molecule has 10 heteroatoms. The average molecular weight is 432 g/mol.